The summed E-state index contributed by atoms with van der Waals surface area (Å²) in [4.78, 5) is 21.2. The summed E-state index contributed by atoms with van der Waals surface area (Å²) >= 11 is 1.54. The first-order valence-corrected chi connectivity index (χ1v) is 12.9. The Morgan fingerprint density at radius 1 is 1.03 bits per heavy atom. The molecular weight excluding hydrogens is 488 g/mol. The second-order valence-electron chi connectivity index (χ2n) is 8.91. The number of methoxy groups -OCH3 is 2. The van der Waals surface area contributed by atoms with Gasteiger partial charge < -0.3 is 19.1 Å². The molecule has 1 unspecified atom stereocenters. The third-order valence-electron chi connectivity index (χ3n) is 6.70. The molecule has 9 heteroatoms. The first kappa shape index (κ1) is 23.3. The highest BCUT2D eigenvalue weighted by molar-refractivity contribution is 7.16. The Labute approximate surface area is 218 Å². The molecule has 0 fully saturated rings. The molecule has 3 heterocycles. The van der Waals surface area contributed by atoms with E-state index in [9.17, 15) is 4.79 Å². The maximum atomic E-state index is 13.7. The zero-order valence-electron chi connectivity index (χ0n) is 20.8. The van der Waals surface area contributed by atoms with Gasteiger partial charge in [-0.25, -0.2) is 9.50 Å². The quantitative estimate of drug-likeness (QED) is 0.323. The van der Waals surface area contributed by atoms with Crippen LogP contribution in [-0.2, 0) is 11.2 Å². The highest BCUT2D eigenvalue weighted by Gasteiger charge is 2.37. The number of carbonyl (C=O) groups excluding carboxylic acids is 1. The molecule has 3 aromatic carbocycles. The van der Waals surface area contributed by atoms with Crippen LogP contribution < -0.4 is 14.2 Å². The first-order valence-electron chi connectivity index (χ1n) is 12.0. The maximum Gasteiger partial charge on any atom is 0.261 e. The average molecular weight is 515 g/mol. The molecule has 1 atom stereocenters. The third-order valence-corrected chi connectivity index (χ3v) is 7.53. The van der Waals surface area contributed by atoms with E-state index in [1.165, 1.54) is 0 Å². The molecular formula is C28H26N4O4S. The van der Waals surface area contributed by atoms with Gasteiger partial charge in [0.25, 0.3) is 5.91 Å². The van der Waals surface area contributed by atoms with E-state index >= 15 is 0 Å². The molecule has 0 N–H and O–H groups in total. The molecule has 5 aromatic rings. The van der Waals surface area contributed by atoms with Crippen molar-refractivity contribution in [2.45, 2.75) is 19.4 Å². The standard InChI is InChI=1S/C28H26N4O4S/c1-17-30-32-27-22(29-28(32)37-17)12-13-31(26(27)20-9-11-23(34-2)24(15-20)35-3)25(33)16-36-21-10-8-18-6-4-5-7-19(18)14-21/h4-11,14-15,26H,12-13,16H2,1-3H3. The lowest BCUT2D eigenvalue weighted by atomic mass is 9.95. The van der Waals surface area contributed by atoms with E-state index in [1.807, 2.05) is 70.9 Å². The Morgan fingerprint density at radius 3 is 2.65 bits per heavy atom. The number of ether oxygens (including phenoxy) is 3. The van der Waals surface area contributed by atoms with Gasteiger partial charge in [0.05, 0.1) is 25.6 Å². The minimum atomic E-state index is -0.396. The number of amides is 1. The lowest BCUT2D eigenvalue weighted by Crippen LogP contribution is -2.43. The van der Waals surface area contributed by atoms with Crippen LogP contribution in [0.4, 0.5) is 0 Å². The van der Waals surface area contributed by atoms with Gasteiger partial charge in [-0.1, -0.05) is 47.7 Å². The lowest BCUT2D eigenvalue weighted by molar-refractivity contribution is -0.135. The molecule has 188 valence electrons. The fourth-order valence-electron chi connectivity index (χ4n) is 4.98. The molecule has 1 amide bonds. The van der Waals surface area contributed by atoms with E-state index in [0.717, 1.165) is 37.7 Å². The highest BCUT2D eigenvalue weighted by atomic mass is 32.1. The minimum absolute atomic E-state index is 0.0739. The Bertz CT molecular complexity index is 1630. The summed E-state index contributed by atoms with van der Waals surface area (Å²) in [5.74, 6) is 1.78. The minimum Gasteiger partial charge on any atom is -0.493 e. The van der Waals surface area contributed by atoms with Gasteiger partial charge >= 0.3 is 0 Å². The molecule has 1 aliphatic rings. The molecule has 6 rings (SSSR count). The van der Waals surface area contributed by atoms with Gasteiger partial charge in [0.2, 0.25) is 4.96 Å². The van der Waals surface area contributed by atoms with Crippen molar-refractivity contribution in [1.82, 2.24) is 19.5 Å². The SMILES string of the molecule is COc1ccc(C2c3c(nc4sc(C)nn34)CCN2C(=O)COc2ccc3ccccc3c2)cc1OC. The smallest absolute Gasteiger partial charge is 0.261 e. The van der Waals surface area contributed by atoms with Gasteiger partial charge in [0.15, 0.2) is 18.1 Å². The van der Waals surface area contributed by atoms with Crippen LogP contribution in [0.1, 0.15) is 28.0 Å². The topological polar surface area (TPSA) is 78.2 Å². The average Bonchev–Trinajstić information content (AvgIpc) is 3.46. The fourth-order valence-corrected chi connectivity index (χ4v) is 5.74. The zero-order chi connectivity index (χ0) is 25.5. The summed E-state index contributed by atoms with van der Waals surface area (Å²) in [5.41, 5.74) is 2.75. The van der Waals surface area contributed by atoms with Crippen LogP contribution >= 0.6 is 11.3 Å². The molecule has 0 saturated carbocycles. The number of fused-ring (bicyclic) bond motifs is 4. The normalized spacial score (nSPS) is 15.1. The molecule has 8 nitrogen and oxygen atoms in total. The van der Waals surface area contributed by atoms with Gasteiger partial charge in [-0.05, 0) is 47.5 Å². The summed E-state index contributed by atoms with van der Waals surface area (Å²) in [6.07, 6.45) is 0.649. The molecule has 0 bridgehead atoms. The van der Waals surface area contributed by atoms with Crippen molar-refractivity contribution in [1.29, 1.82) is 0 Å². The molecule has 1 aliphatic heterocycles. The van der Waals surface area contributed by atoms with E-state index in [0.29, 0.717) is 30.2 Å². The van der Waals surface area contributed by atoms with Gasteiger partial charge in [0.1, 0.15) is 16.8 Å². The van der Waals surface area contributed by atoms with E-state index < -0.39 is 6.04 Å². The zero-order valence-corrected chi connectivity index (χ0v) is 21.6. The largest absolute Gasteiger partial charge is 0.493 e. The van der Waals surface area contributed by atoms with Crippen LogP contribution in [0.2, 0.25) is 0 Å². The van der Waals surface area contributed by atoms with Gasteiger partial charge in [-0.2, -0.15) is 5.10 Å². The molecule has 0 radical (unpaired) electrons. The Morgan fingerprint density at radius 2 is 1.84 bits per heavy atom. The Balaban J connectivity index is 1.36. The lowest BCUT2D eigenvalue weighted by Gasteiger charge is -2.35. The Hall–Kier alpha value is -4.11. The number of rotatable bonds is 6. The fraction of sp³-hybridized carbons (Fsp3) is 0.250. The van der Waals surface area contributed by atoms with Gasteiger partial charge in [0, 0.05) is 13.0 Å². The highest BCUT2D eigenvalue weighted by Crippen LogP contribution is 2.39. The summed E-state index contributed by atoms with van der Waals surface area (Å²) in [6.45, 7) is 2.41. The summed E-state index contributed by atoms with van der Waals surface area (Å²) in [5, 5.41) is 7.81. The predicted molar refractivity (Wildman–Crippen MR) is 142 cm³/mol. The second-order valence-corrected chi connectivity index (χ2v) is 10.1. The van der Waals surface area contributed by atoms with Crippen molar-refractivity contribution in [3.8, 4) is 17.2 Å². The number of benzene rings is 3. The van der Waals surface area contributed by atoms with E-state index in [2.05, 4.69) is 6.07 Å². The van der Waals surface area contributed by atoms with Crippen molar-refractivity contribution in [2.75, 3.05) is 27.4 Å². The van der Waals surface area contributed by atoms with Gasteiger partial charge in [-0.3, -0.25) is 4.79 Å². The number of carbonyl (C=O) groups is 1. The van der Waals surface area contributed by atoms with Crippen molar-refractivity contribution >= 4 is 33.0 Å². The molecule has 2 aromatic heterocycles. The number of hydrogen-bond donors (Lipinski definition) is 0. The van der Waals surface area contributed by atoms with Crippen molar-refractivity contribution < 1.29 is 19.0 Å². The number of hydrogen-bond acceptors (Lipinski definition) is 7. The van der Waals surface area contributed by atoms with E-state index in [1.54, 1.807) is 25.6 Å². The maximum absolute atomic E-state index is 13.7. The van der Waals surface area contributed by atoms with Crippen LogP contribution in [0.15, 0.2) is 60.7 Å². The van der Waals surface area contributed by atoms with Crippen LogP contribution in [-0.4, -0.2) is 52.8 Å². The monoisotopic (exact) mass is 514 g/mol. The molecule has 37 heavy (non-hydrogen) atoms. The molecule has 0 saturated heterocycles. The van der Waals surface area contributed by atoms with Crippen molar-refractivity contribution in [3.05, 3.63) is 82.6 Å². The van der Waals surface area contributed by atoms with Crippen LogP contribution in [0.5, 0.6) is 17.2 Å². The van der Waals surface area contributed by atoms with E-state index in [-0.39, 0.29) is 12.5 Å². The van der Waals surface area contributed by atoms with Crippen LogP contribution in [0.25, 0.3) is 15.7 Å². The van der Waals surface area contributed by atoms with E-state index in [4.69, 9.17) is 24.3 Å². The number of aryl methyl sites for hydroxylation is 1. The second kappa shape index (κ2) is 9.40. The first-order chi connectivity index (χ1) is 18.1. The molecule has 0 spiro atoms. The van der Waals surface area contributed by atoms with Crippen molar-refractivity contribution in [3.63, 3.8) is 0 Å². The predicted octanol–water partition coefficient (Wildman–Crippen LogP) is 4.82. The van der Waals surface area contributed by atoms with Crippen LogP contribution in [0, 0.1) is 6.92 Å². The molecule has 0 aliphatic carbocycles. The number of imidazole rings is 1. The van der Waals surface area contributed by atoms with Gasteiger partial charge in [-0.15, -0.1) is 0 Å². The third kappa shape index (κ3) is 4.15. The van der Waals surface area contributed by atoms with Crippen LogP contribution in [0.3, 0.4) is 0 Å². The Kier molecular flexibility index (Phi) is 5.92. The van der Waals surface area contributed by atoms with Crippen molar-refractivity contribution in [2.24, 2.45) is 0 Å². The summed E-state index contributed by atoms with van der Waals surface area (Å²) in [7, 11) is 3.21. The summed E-state index contributed by atoms with van der Waals surface area (Å²) in [6, 6.07) is 19.3. The number of aromatic nitrogens is 3. The number of nitrogens with zero attached hydrogens (tertiary/aromatic N) is 4. The summed E-state index contributed by atoms with van der Waals surface area (Å²) < 4.78 is 18.9.